The van der Waals surface area contributed by atoms with Crippen LogP contribution in [0.1, 0.15) is 21.6 Å². The molecular weight excluding hydrogens is 342 g/mol. The minimum absolute atomic E-state index is 0.0831. The van der Waals surface area contributed by atoms with Crippen LogP contribution >= 0.6 is 0 Å². The van der Waals surface area contributed by atoms with Gasteiger partial charge in [0.1, 0.15) is 11.5 Å². The third-order valence-corrected chi connectivity index (χ3v) is 3.67. The van der Waals surface area contributed by atoms with Crippen LogP contribution in [0.2, 0.25) is 0 Å². The lowest BCUT2D eigenvalue weighted by Gasteiger charge is -2.06. The Kier molecular flexibility index (Phi) is 4.83. The molecule has 0 saturated heterocycles. The molecule has 0 radical (unpaired) electrons. The fraction of sp³-hybridized carbons (Fsp3) is 0.111. The maximum Gasteiger partial charge on any atom is 0.276 e. The van der Waals surface area contributed by atoms with Crippen molar-refractivity contribution in [3.63, 3.8) is 0 Å². The average Bonchev–Trinajstić information content (AvgIpc) is 2.62. The van der Waals surface area contributed by atoms with Crippen molar-refractivity contribution in [3.05, 3.63) is 87.7 Å². The Morgan fingerprint density at radius 2 is 1.85 bits per heavy atom. The summed E-state index contributed by atoms with van der Waals surface area (Å²) >= 11 is 0. The van der Waals surface area contributed by atoms with Gasteiger partial charge in [-0.3, -0.25) is 9.59 Å². The van der Waals surface area contributed by atoms with Crippen molar-refractivity contribution in [1.82, 2.24) is 14.5 Å². The Bertz CT molecular complexity index is 1020. The molecular formula is C18H14F2N4O2. The van der Waals surface area contributed by atoms with E-state index in [1.807, 2.05) is 0 Å². The fourth-order valence-electron chi connectivity index (χ4n) is 2.28. The zero-order valence-electron chi connectivity index (χ0n) is 13.7. The number of carbonyl (C=O) groups is 1. The molecule has 8 heteroatoms. The van der Waals surface area contributed by atoms with Crippen LogP contribution in [-0.2, 0) is 13.5 Å². The number of rotatable bonds is 4. The molecule has 6 nitrogen and oxygen atoms in total. The highest BCUT2D eigenvalue weighted by molar-refractivity contribution is 6.02. The normalized spacial score (nSPS) is 10.6. The molecule has 2 aromatic heterocycles. The van der Waals surface area contributed by atoms with E-state index in [4.69, 9.17) is 0 Å². The summed E-state index contributed by atoms with van der Waals surface area (Å²) in [6.07, 6.45) is 4.30. The largest absolute Gasteiger partial charge is 0.315 e. The fourth-order valence-corrected chi connectivity index (χ4v) is 2.28. The summed E-state index contributed by atoms with van der Waals surface area (Å²) in [6.45, 7) is 0. The lowest BCUT2D eigenvalue weighted by molar-refractivity contribution is 0.102. The second-order valence-electron chi connectivity index (χ2n) is 5.65. The smallest absolute Gasteiger partial charge is 0.276 e. The van der Waals surface area contributed by atoms with Crippen LogP contribution in [0.5, 0.6) is 0 Å². The predicted molar refractivity (Wildman–Crippen MR) is 90.8 cm³/mol. The third kappa shape index (κ3) is 3.97. The van der Waals surface area contributed by atoms with E-state index in [-0.39, 0.29) is 11.3 Å². The maximum absolute atomic E-state index is 13.2. The summed E-state index contributed by atoms with van der Waals surface area (Å²) in [6, 6.07) is 7.02. The van der Waals surface area contributed by atoms with Gasteiger partial charge in [0.2, 0.25) is 0 Å². The van der Waals surface area contributed by atoms with E-state index in [9.17, 15) is 18.4 Å². The molecule has 0 fully saturated rings. The van der Waals surface area contributed by atoms with Crippen molar-refractivity contribution < 1.29 is 13.6 Å². The highest BCUT2D eigenvalue weighted by Crippen LogP contribution is 2.14. The van der Waals surface area contributed by atoms with Gasteiger partial charge in [-0.1, -0.05) is 12.1 Å². The quantitative estimate of drug-likeness (QED) is 0.778. The van der Waals surface area contributed by atoms with E-state index in [0.717, 1.165) is 23.9 Å². The minimum atomic E-state index is -0.899. The number of hydrogen-bond acceptors (Lipinski definition) is 4. The molecule has 0 aliphatic carbocycles. The molecule has 0 aliphatic heterocycles. The van der Waals surface area contributed by atoms with Gasteiger partial charge in [-0.25, -0.2) is 18.7 Å². The van der Waals surface area contributed by atoms with Crippen LogP contribution in [0.15, 0.2) is 53.7 Å². The van der Waals surface area contributed by atoms with Crippen LogP contribution in [-0.4, -0.2) is 20.4 Å². The van der Waals surface area contributed by atoms with E-state index < -0.39 is 17.5 Å². The standard InChI is InChI=1S/C18H14F2N4O2/c1-24-10-15(21-9-17(24)25)18(26)23-16-5-3-12(8-22-16)6-11-2-4-13(19)14(20)7-11/h2-5,7-10H,6H2,1H3,(H,22,23,26). The molecule has 0 unspecified atom stereocenters. The van der Waals surface area contributed by atoms with Gasteiger partial charge in [0.15, 0.2) is 11.6 Å². The first kappa shape index (κ1) is 17.4. The third-order valence-electron chi connectivity index (χ3n) is 3.67. The number of aromatic nitrogens is 3. The summed E-state index contributed by atoms with van der Waals surface area (Å²) in [5.74, 6) is -1.98. The summed E-state index contributed by atoms with van der Waals surface area (Å²) in [5.41, 5.74) is 1.15. The Hall–Kier alpha value is -3.42. The molecule has 1 aromatic carbocycles. The summed E-state index contributed by atoms with van der Waals surface area (Å²) in [7, 11) is 1.52. The molecule has 132 valence electrons. The SMILES string of the molecule is Cn1cc(C(=O)Nc2ccc(Cc3ccc(F)c(F)c3)cn2)ncc1=O. The molecule has 0 aliphatic rings. The first-order valence-corrected chi connectivity index (χ1v) is 7.65. The van der Waals surface area contributed by atoms with Gasteiger partial charge in [0, 0.05) is 19.4 Å². The molecule has 0 bridgehead atoms. The first-order valence-electron chi connectivity index (χ1n) is 7.65. The van der Waals surface area contributed by atoms with Crippen molar-refractivity contribution in [1.29, 1.82) is 0 Å². The Morgan fingerprint density at radius 3 is 2.50 bits per heavy atom. The minimum Gasteiger partial charge on any atom is -0.315 e. The number of hydrogen-bond donors (Lipinski definition) is 1. The van der Waals surface area contributed by atoms with Crippen molar-refractivity contribution in [2.24, 2.45) is 7.05 Å². The van der Waals surface area contributed by atoms with Crippen molar-refractivity contribution in [2.45, 2.75) is 6.42 Å². The molecule has 0 atom stereocenters. The highest BCUT2D eigenvalue weighted by atomic mass is 19.2. The number of nitrogens with zero attached hydrogens (tertiary/aromatic N) is 3. The van der Waals surface area contributed by atoms with Crippen LogP contribution in [0.3, 0.4) is 0 Å². The second kappa shape index (κ2) is 7.22. The van der Waals surface area contributed by atoms with Gasteiger partial charge in [-0.05, 0) is 35.7 Å². The van der Waals surface area contributed by atoms with Gasteiger partial charge in [0.05, 0.1) is 6.20 Å². The van der Waals surface area contributed by atoms with Crippen molar-refractivity contribution >= 4 is 11.7 Å². The second-order valence-corrected chi connectivity index (χ2v) is 5.65. The number of halogens is 2. The van der Waals surface area contributed by atoms with Crippen LogP contribution < -0.4 is 10.9 Å². The van der Waals surface area contributed by atoms with Gasteiger partial charge in [-0.15, -0.1) is 0 Å². The zero-order valence-corrected chi connectivity index (χ0v) is 13.7. The molecule has 0 saturated carbocycles. The van der Waals surface area contributed by atoms with Crippen molar-refractivity contribution in [3.8, 4) is 0 Å². The Labute approximate surface area is 147 Å². The summed E-state index contributed by atoms with van der Waals surface area (Å²) in [4.78, 5) is 31.3. The number of anilines is 1. The van der Waals surface area contributed by atoms with Crippen LogP contribution in [0.4, 0.5) is 14.6 Å². The topological polar surface area (TPSA) is 76.9 Å². The summed E-state index contributed by atoms with van der Waals surface area (Å²) < 4.78 is 27.4. The van der Waals surface area contributed by atoms with Crippen LogP contribution in [0, 0.1) is 11.6 Å². The molecule has 3 rings (SSSR count). The molecule has 1 N–H and O–H groups in total. The molecule has 0 spiro atoms. The van der Waals surface area contributed by atoms with Crippen LogP contribution in [0.25, 0.3) is 0 Å². The number of benzene rings is 1. The van der Waals surface area contributed by atoms with Gasteiger partial charge in [-0.2, -0.15) is 0 Å². The monoisotopic (exact) mass is 356 g/mol. The number of nitrogens with one attached hydrogen (secondary N) is 1. The summed E-state index contributed by atoms with van der Waals surface area (Å²) in [5, 5.41) is 2.58. The molecule has 3 aromatic rings. The maximum atomic E-state index is 13.2. The number of pyridine rings is 1. The zero-order chi connectivity index (χ0) is 18.7. The first-order chi connectivity index (χ1) is 12.4. The van der Waals surface area contributed by atoms with Gasteiger partial charge < -0.3 is 9.88 Å². The van der Waals surface area contributed by atoms with Gasteiger partial charge in [0.25, 0.3) is 11.5 Å². The van der Waals surface area contributed by atoms with E-state index in [1.165, 1.54) is 30.1 Å². The lowest BCUT2D eigenvalue weighted by atomic mass is 10.1. The predicted octanol–water partition coefficient (Wildman–Crippen LogP) is 2.30. The molecule has 1 amide bonds. The number of aryl methyl sites for hydroxylation is 1. The van der Waals surface area contributed by atoms with E-state index in [2.05, 4.69) is 15.3 Å². The van der Waals surface area contributed by atoms with E-state index >= 15 is 0 Å². The Balaban J connectivity index is 1.68. The Morgan fingerprint density at radius 1 is 1.08 bits per heavy atom. The molecule has 26 heavy (non-hydrogen) atoms. The number of amides is 1. The molecule has 2 heterocycles. The van der Waals surface area contributed by atoms with E-state index in [1.54, 1.807) is 12.1 Å². The van der Waals surface area contributed by atoms with Crippen molar-refractivity contribution in [2.75, 3.05) is 5.32 Å². The number of carbonyl (C=O) groups excluding carboxylic acids is 1. The highest BCUT2D eigenvalue weighted by Gasteiger charge is 2.10. The lowest BCUT2D eigenvalue weighted by Crippen LogP contribution is -2.22. The average molecular weight is 356 g/mol. The van der Waals surface area contributed by atoms with E-state index in [0.29, 0.717) is 17.8 Å². The van der Waals surface area contributed by atoms with Gasteiger partial charge >= 0.3 is 0 Å².